The Hall–Kier alpha value is -3.13. The standard InChI is InChI=1S/C19H14N.C9H7.C7H9Si.Zr/c1-13-9-14-6-4-7-17(18(14)10-13)16-11-15-5-2-3-8-19(15)20-12-16;1-2-5-9-7-3-6-8(9)4-1;1-8-7-5-3-2-4-6-7;/h2-12H,1H3;1-7H;2-6,8H,1H3;. The number of rotatable bonds is 5. The van der Waals surface area contributed by atoms with Crippen LogP contribution in [0.5, 0.6) is 0 Å². The molecule has 5 aromatic rings. The molecule has 4 aromatic carbocycles. The number of fused-ring (bicyclic) bond motifs is 3. The van der Waals surface area contributed by atoms with E-state index in [1.54, 1.807) is 21.9 Å². The van der Waals surface area contributed by atoms with Gasteiger partial charge in [0, 0.05) is 0 Å². The average molecular weight is 584 g/mol. The summed E-state index contributed by atoms with van der Waals surface area (Å²) in [5.74, 6) is -1.17. The SMILES string of the molecule is CC1=Cc2c(-c3cnc4ccccc4c3)cccc2[CH]1[Zr]([CH]1C=Cc2ccccc21)[SiH](C)c1ccccc1. The summed E-state index contributed by atoms with van der Waals surface area (Å²) in [5, 5.41) is 2.84. The summed E-state index contributed by atoms with van der Waals surface area (Å²) in [6.45, 7) is 5.06. The normalized spacial score (nSPS) is 18.2. The molecule has 3 unspecified atom stereocenters. The molecule has 0 radical (unpaired) electrons. The molecule has 38 heavy (non-hydrogen) atoms. The van der Waals surface area contributed by atoms with Crippen molar-refractivity contribution in [3.05, 3.63) is 143 Å². The first kappa shape index (κ1) is 23.9. The quantitative estimate of drug-likeness (QED) is 0.191. The Morgan fingerprint density at radius 2 is 1.55 bits per heavy atom. The van der Waals surface area contributed by atoms with Gasteiger partial charge in [0.2, 0.25) is 0 Å². The maximum atomic E-state index is 4.80. The molecule has 0 saturated heterocycles. The van der Waals surface area contributed by atoms with Gasteiger partial charge in [-0.3, -0.25) is 0 Å². The van der Waals surface area contributed by atoms with Crippen LogP contribution in [0.25, 0.3) is 34.2 Å². The molecule has 1 aromatic heterocycles. The fourth-order valence-electron chi connectivity index (χ4n) is 6.64. The van der Waals surface area contributed by atoms with E-state index in [9.17, 15) is 0 Å². The summed E-state index contributed by atoms with van der Waals surface area (Å²) in [7, 11) is 0. The van der Waals surface area contributed by atoms with Gasteiger partial charge in [-0.1, -0.05) is 0 Å². The van der Waals surface area contributed by atoms with E-state index < -0.39 is 26.8 Å². The van der Waals surface area contributed by atoms with Crippen LogP contribution in [0.2, 0.25) is 6.55 Å². The number of hydrogen-bond acceptors (Lipinski definition) is 1. The molecule has 183 valence electrons. The van der Waals surface area contributed by atoms with Gasteiger partial charge < -0.3 is 0 Å². The van der Waals surface area contributed by atoms with Crippen LogP contribution in [0.3, 0.4) is 0 Å². The summed E-state index contributed by atoms with van der Waals surface area (Å²) in [4.78, 5) is 4.80. The van der Waals surface area contributed by atoms with E-state index in [-0.39, 0.29) is 0 Å². The van der Waals surface area contributed by atoms with Gasteiger partial charge in [0.25, 0.3) is 0 Å². The van der Waals surface area contributed by atoms with Crippen LogP contribution in [0.4, 0.5) is 0 Å². The van der Waals surface area contributed by atoms with E-state index in [4.69, 9.17) is 4.98 Å². The van der Waals surface area contributed by atoms with Gasteiger partial charge in [-0.15, -0.1) is 0 Å². The van der Waals surface area contributed by atoms with Crippen LogP contribution < -0.4 is 5.19 Å². The van der Waals surface area contributed by atoms with Gasteiger partial charge in [0.05, 0.1) is 0 Å². The van der Waals surface area contributed by atoms with Gasteiger partial charge in [0.1, 0.15) is 0 Å². The van der Waals surface area contributed by atoms with E-state index in [1.807, 2.05) is 0 Å². The third-order valence-electron chi connectivity index (χ3n) is 8.47. The Bertz CT molecular complexity index is 1720. The molecule has 7 rings (SSSR count). The van der Waals surface area contributed by atoms with E-state index >= 15 is 0 Å². The second-order valence-corrected chi connectivity index (χ2v) is 28.5. The molecule has 0 spiro atoms. The predicted molar refractivity (Wildman–Crippen MR) is 161 cm³/mol. The Morgan fingerprint density at radius 3 is 2.45 bits per heavy atom. The Kier molecular flexibility index (Phi) is 6.22. The molecule has 0 fully saturated rings. The number of nitrogens with zero attached hydrogens (tertiary/aromatic N) is 1. The molecule has 3 heteroatoms. The third-order valence-corrected chi connectivity index (χ3v) is 31.3. The Balaban J connectivity index is 1.37. The Morgan fingerprint density at radius 1 is 0.789 bits per heavy atom. The van der Waals surface area contributed by atoms with Gasteiger partial charge in [-0.2, -0.15) is 0 Å². The summed E-state index contributed by atoms with van der Waals surface area (Å²) in [6.07, 6.45) is 9.56. The molecule has 2 aliphatic rings. The zero-order valence-corrected chi connectivity index (χ0v) is 25.4. The summed E-state index contributed by atoms with van der Waals surface area (Å²) < 4.78 is 1.23. The van der Waals surface area contributed by atoms with Crippen LogP contribution in [0, 0.1) is 0 Å². The number of allylic oxidation sites excluding steroid dienone is 2. The molecule has 0 aliphatic heterocycles. The first-order valence-electron chi connectivity index (χ1n) is 13.5. The molecule has 0 amide bonds. The van der Waals surface area contributed by atoms with E-state index in [2.05, 4.69) is 141 Å². The second-order valence-electron chi connectivity index (χ2n) is 10.6. The van der Waals surface area contributed by atoms with Crippen LogP contribution in [-0.2, 0) is 20.9 Å². The van der Waals surface area contributed by atoms with Crippen molar-refractivity contribution >= 4 is 34.2 Å². The fraction of sp³-hybridized carbons (Fsp3) is 0.114. The number of para-hydroxylation sites is 1. The van der Waals surface area contributed by atoms with Crippen molar-refractivity contribution in [3.63, 3.8) is 0 Å². The van der Waals surface area contributed by atoms with Crippen LogP contribution in [0.15, 0.2) is 121 Å². The summed E-state index contributed by atoms with van der Waals surface area (Å²) >= 11 is -2.18. The molecule has 3 atom stereocenters. The van der Waals surface area contributed by atoms with Crippen molar-refractivity contribution in [1.29, 1.82) is 0 Å². The molecule has 0 N–H and O–H groups in total. The topological polar surface area (TPSA) is 12.9 Å². The van der Waals surface area contributed by atoms with Gasteiger partial charge >= 0.3 is 235 Å². The van der Waals surface area contributed by atoms with Crippen molar-refractivity contribution in [2.24, 2.45) is 0 Å². The molecular weight excluding hydrogens is 554 g/mol. The predicted octanol–water partition coefficient (Wildman–Crippen LogP) is 8.01. The number of hydrogen-bond donors (Lipinski definition) is 0. The second kappa shape index (κ2) is 9.88. The molecule has 1 nitrogen and oxygen atoms in total. The Labute approximate surface area is 233 Å². The zero-order valence-electron chi connectivity index (χ0n) is 21.8. The van der Waals surface area contributed by atoms with Gasteiger partial charge in [0.15, 0.2) is 0 Å². The van der Waals surface area contributed by atoms with Crippen molar-refractivity contribution in [2.45, 2.75) is 20.7 Å². The average Bonchev–Trinajstić information content (AvgIpc) is 3.54. The molecule has 0 saturated carbocycles. The number of benzene rings is 4. The van der Waals surface area contributed by atoms with E-state index in [0.29, 0.717) is 7.25 Å². The zero-order chi connectivity index (χ0) is 25.6. The first-order valence-corrected chi connectivity index (χ1v) is 22.9. The molecular formula is C35H30NSiZr. The van der Waals surface area contributed by atoms with Crippen molar-refractivity contribution in [3.8, 4) is 11.1 Å². The van der Waals surface area contributed by atoms with Gasteiger partial charge in [-0.05, 0) is 0 Å². The van der Waals surface area contributed by atoms with Crippen LogP contribution >= 0.6 is 0 Å². The molecule has 1 heterocycles. The van der Waals surface area contributed by atoms with Crippen molar-refractivity contribution in [1.82, 2.24) is 4.98 Å². The summed E-state index contributed by atoms with van der Waals surface area (Å²) in [5.41, 5.74) is 11.2. The summed E-state index contributed by atoms with van der Waals surface area (Å²) in [6, 6.07) is 38.4. The fourth-order valence-corrected chi connectivity index (χ4v) is 31.3. The van der Waals surface area contributed by atoms with Crippen LogP contribution in [-0.4, -0.2) is 10.9 Å². The molecule has 2 aliphatic carbocycles. The van der Waals surface area contributed by atoms with E-state index in [1.165, 1.54) is 27.6 Å². The third kappa shape index (κ3) is 4.04. The van der Waals surface area contributed by atoms with Crippen LogP contribution in [0.1, 0.15) is 36.4 Å². The first-order chi connectivity index (χ1) is 18.7. The van der Waals surface area contributed by atoms with Crippen molar-refractivity contribution in [2.75, 3.05) is 0 Å². The van der Waals surface area contributed by atoms with Crippen molar-refractivity contribution < 1.29 is 20.9 Å². The van der Waals surface area contributed by atoms with Gasteiger partial charge in [-0.25, -0.2) is 0 Å². The molecule has 0 bridgehead atoms. The minimum absolute atomic E-state index is 0.600. The maximum absolute atomic E-state index is 4.80. The monoisotopic (exact) mass is 582 g/mol. The van der Waals surface area contributed by atoms with E-state index in [0.717, 1.165) is 5.52 Å². The number of aromatic nitrogens is 1. The number of pyridine rings is 1. The minimum atomic E-state index is -2.18.